The van der Waals surface area contributed by atoms with Gasteiger partial charge in [-0.05, 0) is 42.0 Å². The van der Waals surface area contributed by atoms with Crippen molar-refractivity contribution >= 4 is 18.0 Å². The van der Waals surface area contributed by atoms with Gasteiger partial charge in [0.1, 0.15) is 12.6 Å². The first-order valence-corrected chi connectivity index (χ1v) is 10.0. The van der Waals surface area contributed by atoms with Crippen LogP contribution in [0.3, 0.4) is 0 Å². The van der Waals surface area contributed by atoms with Gasteiger partial charge >= 0.3 is 18.0 Å². The summed E-state index contributed by atoms with van der Waals surface area (Å²) in [5.41, 5.74) is 4.50. The van der Waals surface area contributed by atoms with E-state index < -0.39 is 30.2 Å². The standard InChI is InChI=1S/C23H23NO6/c1-14(21(25)26)30-22(27)20-11-6-12-24(20)23(28)29-13-19-17-9-4-2-7-15(17)16-8-3-5-10-18(16)19/h2-5,7-10,14,19-20H,6,11-13H2,1H3,(H,25,26). The van der Waals surface area contributed by atoms with Gasteiger partial charge in [-0.15, -0.1) is 0 Å². The van der Waals surface area contributed by atoms with E-state index in [0.29, 0.717) is 19.4 Å². The molecule has 0 saturated carbocycles. The zero-order valence-corrected chi connectivity index (χ0v) is 16.6. The summed E-state index contributed by atoms with van der Waals surface area (Å²) in [7, 11) is 0. The first-order chi connectivity index (χ1) is 14.5. The van der Waals surface area contributed by atoms with Crippen molar-refractivity contribution in [2.75, 3.05) is 13.2 Å². The molecular formula is C23H23NO6. The molecule has 1 fully saturated rings. The molecule has 2 unspecified atom stereocenters. The normalized spacial score (nSPS) is 18.4. The molecule has 1 aliphatic carbocycles. The maximum absolute atomic E-state index is 12.7. The van der Waals surface area contributed by atoms with Gasteiger partial charge in [-0.25, -0.2) is 14.4 Å². The minimum absolute atomic E-state index is 0.0682. The van der Waals surface area contributed by atoms with Crippen molar-refractivity contribution in [2.24, 2.45) is 0 Å². The van der Waals surface area contributed by atoms with Gasteiger partial charge in [0.05, 0.1) is 0 Å². The molecule has 2 aliphatic rings. The van der Waals surface area contributed by atoms with E-state index in [9.17, 15) is 14.4 Å². The molecule has 1 saturated heterocycles. The molecule has 4 rings (SSSR count). The summed E-state index contributed by atoms with van der Waals surface area (Å²) in [6.07, 6.45) is -0.789. The number of amides is 1. The molecule has 2 atom stereocenters. The van der Waals surface area contributed by atoms with Crippen LogP contribution in [0.5, 0.6) is 0 Å². The Balaban J connectivity index is 1.45. The van der Waals surface area contributed by atoms with E-state index in [4.69, 9.17) is 14.6 Å². The number of carboxylic acid groups (broad SMARTS) is 1. The molecule has 1 aliphatic heterocycles. The second-order valence-corrected chi connectivity index (χ2v) is 7.57. The van der Waals surface area contributed by atoms with Crippen LogP contribution in [0.1, 0.15) is 36.8 Å². The molecule has 1 heterocycles. The zero-order valence-electron chi connectivity index (χ0n) is 16.6. The molecule has 1 N–H and O–H groups in total. The quantitative estimate of drug-likeness (QED) is 0.761. The van der Waals surface area contributed by atoms with Crippen LogP contribution < -0.4 is 0 Å². The van der Waals surface area contributed by atoms with Gasteiger partial charge in [-0.3, -0.25) is 4.90 Å². The smallest absolute Gasteiger partial charge is 0.410 e. The predicted octanol–water partition coefficient (Wildman–Crippen LogP) is 3.42. The Hall–Kier alpha value is -3.35. The first kappa shape index (κ1) is 19.9. The van der Waals surface area contributed by atoms with Crippen molar-refractivity contribution in [2.45, 2.75) is 37.8 Å². The number of ether oxygens (including phenoxy) is 2. The van der Waals surface area contributed by atoms with Crippen molar-refractivity contribution in [3.63, 3.8) is 0 Å². The SMILES string of the molecule is CC(OC(=O)C1CCCN1C(=O)OCC1c2ccccc2-c2ccccc21)C(=O)O. The molecular weight excluding hydrogens is 386 g/mol. The van der Waals surface area contributed by atoms with Gasteiger partial charge in [0.15, 0.2) is 6.10 Å². The maximum atomic E-state index is 12.7. The lowest BCUT2D eigenvalue weighted by Gasteiger charge is -2.24. The van der Waals surface area contributed by atoms with Crippen LogP contribution in [0, 0.1) is 0 Å². The van der Waals surface area contributed by atoms with Crippen LogP contribution in [-0.2, 0) is 19.1 Å². The third-order valence-electron chi connectivity index (χ3n) is 5.74. The van der Waals surface area contributed by atoms with Gasteiger partial charge in [0.2, 0.25) is 0 Å². The summed E-state index contributed by atoms with van der Waals surface area (Å²) in [6, 6.07) is 15.3. The third kappa shape index (κ3) is 3.63. The molecule has 0 bridgehead atoms. The summed E-state index contributed by atoms with van der Waals surface area (Å²) >= 11 is 0. The fourth-order valence-electron chi connectivity index (χ4n) is 4.21. The number of carbonyl (C=O) groups is 3. The number of esters is 1. The van der Waals surface area contributed by atoms with Crippen molar-refractivity contribution in [1.29, 1.82) is 0 Å². The Labute approximate surface area is 174 Å². The van der Waals surface area contributed by atoms with Crippen molar-refractivity contribution in [1.82, 2.24) is 4.90 Å². The Morgan fingerprint density at radius 1 is 1.07 bits per heavy atom. The highest BCUT2D eigenvalue weighted by molar-refractivity contribution is 5.84. The summed E-state index contributed by atoms with van der Waals surface area (Å²) in [5.74, 6) is -2.01. The number of likely N-dealkylation sites (tertiary alicyclic amines) is 1. The Morgan fingerprint density at radius 3 is 2.27 bits per heavy atom. The largest absolute Gasteiger partial charge is 0.479 e. The molecule has 7 nitrogen and oxygen atoms in total. The van der Waals surface area contributed by atoms with E-state index in [1.807, 2.05) is 36.4 Å². The molecule has 2 aromatic rings. The van der Waals surface area contributed by atoms with E-state index in [2.05, 4.69) is 12.1 Å². The second-order valence-electron chi connectivity index (χ2n) is 7.57. The van der Waals surface area contributed by atoms with Crippen LogP contribution >= 0.6 is 0 Å². The number of carbonyl (C=O) groups excluding carboxylic acids is 2. The summed E-state index contributed by atoms with van der Waals surface area (Å²) in [6.45, 7) is 1.82. The van der Waals surface area contributed by atoms with E-state index in [1.165, 1.54) is 11.8 Å². The zero-order chi connectivity index (χ0) is 21.3. The average molecular weight is 409 g/mol. The average Bonchev–Trinajstić information content (AvgIpc) is 3.35. The molecule has 30 heavy (non-hydrogen) atoms. The van der Waals surface area contributed by atoms with Crippen LogP contribution in [0.4, 0.5) is 4.79 Å². The number of fused-ring (bicyclic) bond motifs is 3. The Bertz CT molecular complexity index is 942. The molecule has 156 valence electrons. The van der Waals surface area contributed by atoms with Crippen molar-refractivity contribution in [3.8, 4) is 11.1 Å². The van der Waals surface area contributed by atoms with E-state index in [0.717, 1.165) is 22.3 Å². The number of nitrogens with zero attached hydrogens (tertiary/aromatic N) is 1. The third-order valence-corrected chi connectivity index (χ3v) is 5.74. The van der Waals surface area contributed by atoms with E-state index >= 15 is 0 Å². The number of aliphatic carboxylic acids is 1. The molecule has 0 aromatic heterocycles. The van der Waals surface area contributed by atoms with Gasteiger partial charge in [-0.2, -0.15) is 0 Å². The monoisotopic (exact) mass is 409 g/mol. The summed E-state index contributed by atoms with van der Waals surface area (Å²) < 4.78 is 10.6. The van der Waals surface area contributed by atoms with Crippen molar-refractivity contribution < 1.29 is 29.0 Å². The Morgan fingerprint density at radius 2 is 1.67 bits per heavy atom. The first-order valence-electron chi connectivity index (χ1n) is 10.0. The fraction of sp³-hybridized carbons (Fsp3) is 0.348. The van der Waals surface area contributed by atoms with Crippen LogP contribution in [-0.4, -0.2) is 53.3 Å². The number of rotatable bonds is 5. The highest BCUT2D eigenvalue weighted by Crippen LogP contribution is 2.44. The molecule has 0 radical (unpaired) electrons. The lowest BCUT2D eigenvalue weighted by molar-refractivity contribution is -0.165. The lowest BCUT2D eigenvalue weighted by atomic mass is 9.98. The molecule has 1 amide bonds. The van der Waals surface area contributed by atoms with Crippen LogP contribution in [0.15, 0.2) is 48.5 Å². The number of benzene rings is 2. The number of carboxylic acids is 1. The second kappa shape index (κ2) is 8.18. The lowest BCUT2D eigenvalue weighted by Crippen LogP contribution is -2.43. The van der Waals surface area contributed by atoms with E-state index in [1.54, 1.807) is 0 Å². The topological polar surface area (TPSA) is 93.1 Å². The van der Waals surface area contributed by atoms with Gasteiger partial charge in [0, 0.05) is 12.5 Å². The predicted molar refractivity (Wildman–Crippen MR) is 108 cm³/mol. The number of hydrogen-bond donors (Lipinski definition) is 1. The highest BCUT2D eigenvalue weighted by atomic mass is 16.6. The molecule has 2 aromatic carbocycles. The maximum Gasteiger partial charge on any atom is 0.410 e. The highest BCUT2D eigenvalue weighted by Gasteiger charge is 2.38. The van der Waals surface area contributed by atoms with E-state index in [-0.39, 0.29) is 12.5 Å². The fourth-order valence-corrected chi connectivity index (χ4v) is 4.21. The van der Waals surface area contributed by atoms with Crippen LogP contribution in [0.25, 0.3) is 11.1 Å². The molecule has 7 heteroatoms. The van der Waals surface area contributed by atoms with Gasteiger partial charge in [0.25, 0.3) is 0 Å². The minimum atomic E-state index is -1.26. The molecule has 0 spiro atoms. The minimum Gasteiger partial charge on any atom is -0.479 e. The summed E-state index contributed by atoms with van der Waals surface area (Å²) in [5, 5.41) is 8.93. The van der Waals surface area contributed by atoms with Gasteiger partial charge in [-0.1, -0.05) is 48.5 Å². The van der Waals surface area contributed by atoms with Crippen LogP contribution in [0.2, 0.25) is 0 Å². The number of hydrogen-bond acceptors (Lipinski definition) is 5. The Kier molecular flexibility index (Phi) is 5.44. The summed E-state index contributed by atoms with van der Waals surface area (Å²) in [4.78, 5) is 37.3. The van der Waals surface area contributed by atoms with Gasteiger partial charge < -0.3 is 14.6 Å². The van der Waals surface area contributed by atoms with Crippen molar-refractivity contribution in [3.05, 3.63) is 59.7 Å².